The summed E-state index contributed by atoms with van der Waals surface area (Å²) in [4.78, 5) is 26.6. The molecule has 1 heterocycles. The number of benzene rings is 3. The summed E-state index contributed by atoms with van der Waals surface area (Å²) in [5, 5.41) is 3.54. The Morgan fingerprint density at radius 3 is 2.51 bits per heavy atom. The topological polar surface area (TPSA) is 67.9 Å². The van der Waals surface area contributed by atoms with Crippen LogP contribution >= 0.6 is 23.2 Å². The molecule has 1 saturated heterocycles. The van der Waals surface area contributed by atoms with E-state index in [2.05, 4.69) is 5.32 Å². The van der Waals surface area contributed by atoms with E-state index < -0.39 is 11.9 Å². The summed E-state index contributed by atoms with van der Waals surface area (Å²) in [6, 6.07) is 17.9. The normalized spacial score (nSPS) is 14.4. The number of carbonyl (C=O) groups is 2. The maximum Gasteiger partial charge on any atom is 0.329 e. The number of imide groups is 1. The summed E-state index contributed by atoms with van der Waals surface area (Å²) in [5.41, 5.74) is 3.49. The second-order valence-electron chi connectivity index (χ2n) is 8.01. The minimum atomic E-state index is -0.474. The molecule has 3 aromatic rings. The molecule has 0 unspecified atom stereocenters. The number of aryl methyl sites for hydroxylation is 1. The Labute approximate surface area is 214 Å². The Morgan fingerprint density at radius 2 is 1.77 bits per heavy atom. The fourth-order valence-corrected chi connectivity index (χ4v) is 4.18. The Kier molecular flexibility index (Phi) is 7.63. The molecular formula is C27H24Cl2N2O4. The zero-order valence-corrected chi connectivity index (χ0v) is 20.8. The van der Waals surface area contributed by atoms with Gasteiger partial charge in [-0.1, -0.05) is 71.2 Å². The number of amides is 3. The van der Waals surface area contributed by atoms with Gasteiger partial charge < -0.3 is 14.8 Å². The van der Waals surface area contributed by atoms with E-state index in [1.165, 1.54) is 4.90 Å². The number of rotatable bonds is 8. The quantitative estimate of drug-likeness (QED) is 0.282. The molecule has 1 aliphatic rings. The Hall–Kier alpha value is -3.48. The van der Waals surface area contributed by atoms with Crippen LogP contribution in [0.25, 0.3) is 6.08 Å². The molecule has 3 amide bonds. The molecule has 3 aromatic carbocycles. The molecule has 0 atom stereocenters. The second kappa shape index (κ2) is 10.8. The molecule has 0 aliphatic carbocycles. The first-order valence-electron chi connectivity index (χ1n) is 11.1. The fraction of sp³-hybridized carbons (Fsp3) is 0.185. The molecule has 0 spiro atoms. The molecule has 0 saturated carbocycles. The van der Waals surface area contributed by atoms with E-state index in [-0.39, 0.29) is 18.8 Å². The predicted molar refractivity (Wildman–Crippen MR) is 137 cm³/mol. The van der Waals surface area contributed by atoms with Crippen molar-refractivity contribution in [3.63, 3.8) is 0 Å². The number of halogens is 2. The number of hydrogen-bond donors (Lipinski definition) is 1. The van der Waals surface area contributed by atoms with Gasteiger partial charge in [-0.2, -0.15) is 0 Å². The molecule has 0 aromatic heterocycles. The van der Waals surface area contributed by atoms with Crippen LogP contribution in [0.5, 0.6) is 11.5 Å². The third-order valence-corrected chi connectivity index (χ3v) is 6.01. The lowest BCUT2D eigenvalue weighted by atomic mass is 10.1. The molecule has 1 N–H and O–H groups in total. The third kappa shape index (κ3) is 5.78. The maximum absolute atomic E-state index is 12.9. The van der Waals surface area contributed by atoms with E-state index in [0.29, 0.717) is 33.7 Å². The van der Waals surface area contributed by atoms with Crippen LogP contribution in [0.15, 0.2) is 66.4 Å². The van der Waals surface area contributed by atoms with Gasteiger partial charge >= 0.3 is 6.03 Å². The Balaban J connectivity index is 1.56. The lowest BCUT2D eigenvalue weighted by Gasteiger charge is -2.15. The average Bonchev–Trinajstić information content (AvgIpc) is 3.07. The Morgan fingerprint density at radius 1 is 0.971 bits per heavy atom. The van der Waals surface area contributed by atoms with E-state index in [4.69, 9.17) is 32.7 Å². The molecule has 8 heteroatoms. The highest BCUT2D eigenvalue weighted by molar-refractivity contribution is 6.32. The average molecular weight is 511 g/mol. The van der Waals surface area contributed by atoms with Crippen molar-refractivity contribution >= 4 is 41.2 Å². The van der Waals surface area contributed by atoms with Gasteiger partial charge in [0.1, 0.15) is 12.3 Å². The van der Waals surface area contributed by atoms with Gasteiger partial charge in [0.15, 0.2) is 11.5 Å². The summed E-state index contributed by atoms with van der Waals surface area (Å²) in [7, 11) is 0. The van der Waals surface area contributed by atoms with Crippen LogP contribution < -0.4 is 14.8 Å². The molecule has 180 valence electrons. The van der Waals surface area contributed by atoms with Crippen molar-refractivity contribution in [1.82, 2.24) is 10.2 Å². The smallest absolute Gasteiger partial charge is 0.329 e. The van der Waals surface area contributed by atoms with E-state index in [1.54, 1.807) is 24.3 Å². The van der Waals surface area contributed by atoms with Gasteiger partial charge in [0, 0.05) is 10.6 Å². The molecule has 0 radical (unpaired) electrons. The SMILES string of the molecule is CCOc1cc(/C=C2/NC(=O)N(Cc3cccc(C)c3)C2=O)cc(Cl)c1OCc1ccccc1Cl. The first-order chi connectivity index (χ1) is 16.9. The predicted octanol–water partition coefficient (Wildman–Crippen LogP) is 6.37. The van der Waals surface area contributed by atoms with Crippen LogP contribution in [0.4, 0.5) is 4.79 Å². The van der Waals surface area contributed by atoms with Crippen LogP contribution in [0.1, 0.15) is 29.2 Å². The summed E-state index contributed by atoms with van der Waals surface area (Å²) < 4.78 is 11.7. The maximum atomic E-state index is 12.9. The van der Waals surface area contributed by atoms with Crippen LogP contribution in [0, 0.1) is 6.92 Å². The highest BCUT2D eigenvalue weighted by atomic mass is 35.5. The largest absolute Gasteiger partial charge is 0.490 e. The van der Waals surface area contributed by atoms with Crippen molar-refractivity contribution in [2.75, 3.05) is 6.61 Å². The highest BCUT2D eigenvalue weighted by Gasteiger charge is 2.33. The van der Waals surface area contributed by atoms with E-state index in [1.807, 2.05) is 56.3 Å². The van der Waals surface area contributed by atoms with Gasteiger partial charge in [-0.3, -0.25) is 9.69 Å². The van der Waals surface area contributed by atoms with E-state index >= 15 is 0 Å². The first kappa shape index (κ1) is 24.6. The van der Waals surface area contributed by atoms with Crippen LogP contribution in [-0.2, 0) is 17.9 Å². The molecule has 0 bridgehead atoms. The van der Waals surface area contributed by atoms with Crippen LogP contribution in [-0.4, -0.2) is 23.4 Å². The van der Waals surface area contributed by atoms with E-state index in [0.717, 1.165) is 16.7 Å². The Bertz CT molecular complexity index is 1310. The summed E-state index contributed by atoms with van der Waals surface area (Å²) >= 11 is 12.8. The summed E-state index contributed by atoms with van der Waals surface area (Å²) in [6.07, 6.45) is 1.57. The monoisotopic (exact) mass is 510 g/mol. The number of urea groups is 1. The zero-order chi connectivity index (χ0) is 24.9. The van der Waals surface area contributed by atoms with Crippen molar-refractivity contribution in [2.45, 2.75) is 27.0 Å². The van der Waals surface area contributed by atoms with Crippen molar-refractivity contribution < 1.29 is 19.1 Å². The van der Waals surface area contributed by atoms with Gasteiger partial charge in [0.25, 0.3) is 5.91 Å². The van der Waals surface area contributed by atoms with Gasteiger partial charge in [-0.15, -0.1) is 0 Å². The van der Waals surface area contributed by atoms with E-state index in [9.17, 15) is 9.59 Å². The minimum Gasteiger partial charge on any atom is -0.490 e. The van der Waals surface area contributed by atoms with Crippen LogP contribution in [0.3, 0.4) is 0 Å². The number of nitrogens with zero attached hydrogens (tertiary/aromatic N) is 1. The molecule has 35 heavy (non-hydrogen) atoms. The molecule has 6 nitrogen and oxygen atoms in total. The van der Waals surface area contributed by atoms with Gasteiger partial charge in [0.05, 0.1) is 18.2 Å². The second-order valence-corrected chi connectivity index (χ2v) is 8.83. The fourth-order valence-electron chi connectivity index (χ4n) is 3.71. The lowest BCUT2D eigenvalue weighted by Crippen LogP contribution is -2.30. The van der Waals surface area contributed by atoms with Crippen molar-refractivity contribution in [3.05, 3.63) is 98.7 Å². The molecule has 4 rings (SSSR count). The first-order valence-corrected chi connectivity index (χ1v) is 11.8. The van der Waals surface area contributed by atoms with Gasteiger partial charge in [-0.05, 0) is 49.2 Å². The standard InChI is InChI=1S/C27H24Cl2N2O4/c1-3-34-24-14-19(12-22(29)25(24)35-16-20-9-4-5-10-21(20)28)13-23-26(32)31(27(33)30-23)15-18-8-6-7-17(2)11-18/h4-14H,3,15-16H2,1-2H3,(H,30,33)/b23-13+. The lowest BCUT2D eigenvalue weighted by molar-refractivity contribution is -0.123. The van der Waals surface area contributed by atoms with Gasteiger partial charge in [0.2, 0.25) is 0 Å². The van der Waals surface area contributed by atoms with Crippen molar-refractivity contribution in [3.8, 4) is 11.5 Å². The van der Waals surface area contributed by atoms with Gasteiger partial charge in [-0.25, -0.2) is 4.79 Å². The molecule has 1 fully saturated rings. The molecule has 1 aliphatic heterocycles. The molecular weight excluding hydrogens is 487 g/mol. The van der Waals surface area contributed by atoms with Crippen molar-refractivity contribution in [2.24, 2.45) is 0 Å². The summed E-state index contributed by atoms with van der Waals surface area (Å²) in [5.74, 6) is 0.385. The van der Waals surface area contributed by atoms with Crippen molar-refractivity contribution in [1.29, 1.82) is 0 Å². The summed E-state index contributed by atoms with van der Waals surface area (Å²) in [6.45, 7) is 4.59. The minimum absolute atomic E-state index is 0.158. The number of carbonyl (C=O) groups excluding carboxylic acids is 2. The zero-order valence-electron chi connectivity index (χ0n) is 19.3. The highest BCUT2D eigenvalue weighted by Crippen LogP contribution is 2.38. The number of nitrogens with one attached hydrogen (secondary N) is 1. The number of hydrogen-bond acceptors (Lipinski definition) is 4. The van der Waals surface area contributed by atoms with Crippen LogP contribution in [0.2, 0.25) is 10.0 Å². The number of ether oxygens (including phenoxy) is 2. The third-order valence-electron chi connectivity index (χ3n) is 5.36.